The number of anilines is 3. The van der Waals surface area contributed by atoms with E-state index < -0.39 is 11.6 Å². The average molecular weight is 374 g/mol. The first-order valence-electron chi connectivity index (χ1n) is 8.94. The number of halogens is 2. The second-order valence-electron chi connectivity index (χ2n) is 6.98. The molecule has 27 heavy (non-hydrogen) atoms. The van der Waals surface area contributed by atoms with E-state index in [2.05, 4.69) is 10.6 Å². The Hall–Kier alpha value is -2.83. The molecule has 3 rings (SSSR count). The van der Waals surface area contributed by atoms with Gasteiger partial charge < -0.3 is 20.4 Å². The average Bonchev–Trinajstić information content (AvgIpc) is 3.12. The van der Waals surface area contributed by atoms with Gasteiger partial charge in [0, 0.05) is 56.9 Å². The van der Waals surface area contributed by atoms with Crippen LogP contribution in [-0.2, 0) is 0 Å². The summed E-state index contributed by atoms with van der Waals surface area (Å²) in [7, 11) is 3.92. The molecule has 2 aromatic rings. The summed E-state index contributed by atoms with van der Waals surface area (Å²) in [5.41, 5.74) is 2.46. The van der Waals surface area contributed by atoms with Gasteiger partial charge in [-0.3, -0.25) is 0 Å². The zero-order valence-corrected chi connectivity index (χ0v) is 15.5. The summed E-state index contributed by atoms with van der Waals surface area (Å²) < 4.78 is 26.5. The van der Waals surface area contributed by atoms with Crippen LogP contribution in [0.1, 0.15) is 6.42 Å². The number of rotatable bonds is 5. The van der Waals surface area contributed by atoms with Crippen molar-refractivity contribution in [2.24, 2.45) is 5.92 Å². The van der Waals surface area contributed by atoms with Gasteiger partial charge in [-0.25, -0.2) is 13.6 Å². The lowest BCUT2D eigenvalue weighted by atomic mass is 10.1. The predicted molar refractivity (Wildman–Crippen MR) is 104 cm³/mol. The molecule has 7 heteroatoms. The number of nitrogens with one attached hydrogen (secondary N) is 2. The Morgan fingerprint density at radius 3 is 2.56 bits per heavy atom. The van der Waals surface area contributed by atoms with E-state index in [1.54, 1.807) is 6.07 Å². The zero-order chi connectivity index (χ0) is 19.4. The van der Waals surface area contributed by atoms with Gasteiger partial charge in [0.1, 0.15) is 0 Å². The molecule has 0 aliphatic carbocycles. The summed E-state index contributed by atoms with van der Waals surface area (Å²) in [6.45, 7) is 1.98. The van der Waals surface area contributed by atoms with Gasteiger partial charge in [-0.2, -0.15) is 0 Å². The topological polar surface area (TPSA) is 47.6 Å². The fourth-order valence-corrected chi connectivity index (χ4v) is 3.17. The Labute approximate surface area is 158 Å². The second-order valence-corrected chi connectivity index (χ2v) is 6.98. The molecule has 1 saturated heterocycles. The standard InChI is InChI=1S/C20H24F2N4O/c1-25(2)16-5-3-15(4-6-16)24-20(27)23-12-14-9-10-26(13-14)17-7-8-18(21)19(22)11-17/h3-8,11,14H,9-10,12-13H2,1-2H3,(H2,23,24,27). The van der Waals surface area contributed by atoms with Crippen LogP contribution < -0.4 is 20.4 Å². The van der Waals surface area contributed by atoms with E-state index in [-0.39, 0.29) is 11.9 Å². The summed E-state index contributed by atoms with van der Waals surface area (Å²) in [5, 5.41) is 5.70. The Bertz CT molecular complexity index is 795. The number of nitrogens with zero attached hydrogens (tertiary/aromatic N) is 2. The van der Waals surface area contributed by atoms with Crippen molar-refractivity contribution in [1.29, 1.82) is 0 Å². The number of hydrogen-bond acceptors (Lipinski definition) is 3. The van der Waals surface area contributed by atoms with Crippen LogP contribution in [0.5, 0.6) is 0 Å². The molecule has 0 radical (unpaired) electrons. The number of carbonyl (C=O) groups excluding carboxylic acids is 1. The van der Waals surface area contributed by atoms with E-state index in [0.717, 1.165) is 30.4 Å². The molecule has 1 fully saturated rings. The number of amides is 2. The van der Waals surface area contributed by atoms with Gasteiger partial charge in [0.2, 0.25) is 0 Å². The van der Waals surface area contributed by atoms with Crippen molar-refractivity contribution in [2.45, 2.75) is 6.42 Å². The fraction of sp³-hybridized carbons (Fsp3) is 0.350. The largest absolute Gasteiger partial charge is 0.378 e. The van der Waals surface area contributed by atoms with Crippen LogP contribution in [0, 0.1) is 17.6 Å². The van der Waals surface area contributed by atoms with Gasteiger partial charge in [0.05, 0.1) is 0 Å². The smallest absolute Gasteiger partial charge is 0.319 e. The van der Waals surface area contributed by atoms with Crippen molar-refractivity contribution in [1.82, 2.24) is 5.32 Å². The molecular formula is C20H24F2N4O. The lowest BCUT2D eigenvalue weighted by Crippen LogP contribution is -2.34. The van der Waals surface area contributed by atoms with Crippen molar-refractivity contribution in [3.63, 3.8) is 0 Å². The molecule has 0 spiro atoms. The lowest BCUT2D eigenvalue weighted by Gasteiger charge is -2.19. The Balaban J connectivity index is 1.46. The summed E-state index contributed by atoms with van der Waals surface area (Å²) in [4.78, 5) is 16.1. The normalized spacial score (nSPS) is 16.3. The quantitative estimate of drug-likeness (QED) is 0.839. The molecule has 144 valence electrons. The van der Waals surface area contributed by atoms with Crippen LogP contribution in [0.2, 0.25) is 0 Å². The highest BCUT2D eigenvalue weighted by Gasteiger charge is 2.23. The van der Waals surface area contributed by atoms with Crippen molar-refractivity contribution in [2.75, 3.05) is 48.8 Å². The van der Waals surface area contributed by atoms with E-state index in [1.807, 2.05) is 48.2 Å². The van der Waals surface area contributed by atoms with Crippen molar-refractivity contribution in [3.8, 4) is 0 Å². The second kappa shape index (κ2) is 8.24. The maximum atomic E-state index is 13.4. The van der Waals surface area contributed by atoms with Gasteiger partial charge in [-0.15, -0.1) is 0 Å². The van der Waals surface area contributed by atoms with Crippen LogP contribution in [-0.4, -0.2) is 39.8 Å². The molecule has 0 aromatic heterocycles. The Morgan fingerprint density at radius 1 is 1.15 bits per heavy atom. The molecule has 0 saturated carbocycles. The van der Waals surface area contributed by atoms with E-state index in [9.17, 15) is 13.6 Å². The van der Waals surface area contributed by atoms with E-state index in [1.165, 1.54) is 6.07 Å². The van der Waals surface area contributed by atoms with Gasteiger partial charge >= 0.3 is 6.03 Å². The maximum Gasteiger partial charge on any atom is 0.319 e. The highest BCUT2D eigenvalue weighted by Crippen LogP contribution is 2.25. The third-order valence-corrected chi connectivity index (χ3v) is 4.75. The molecule has 2 N–H and O–H groups in total. The van der Waals surface area contributed by atoms with E-state index in [0.29, 0.717) is 18.8 Å². The van der Waals surface area contributed by atoms with Crippen LogP contribution in [0.25, 0.3) is 0 Å². The molecule has 1 unspecified atom stereocenters. The zero-order valence-electron chi connectivity index (χ0n) is 15.5. The van der Waals surface area contributed by atoms with Crippen molar-refractivity contribution < 1.29 is 13.6 Å². The Kier molecular flexibility index (Phi) is 5.78. The van der Waals surface area contributed by atoms with E-state index >= 15 is 0 Å². The highest BCUT2D eigenvalue weighted by atomic mass is 19.2. The maximum absolute atomic E-state index is 13.4. The first kappa shape index (κ1) is 18.9. The molecule has 1 atom stereocenters. The summed E-state index contributed by atoms with van der Waals surface area (Å²) in [6.07, 6.45) is 0.886. The van der Waals surface area contributed by atoms with Crippen LogP contribution in [0.4, 0.5) is 30.6 Å². The summed E-state index contributed by atoms with van der Waals surface area (Å²) in [5.74, 6) is -1.42. The Morgan fingerprint density at radius 2 is 1.89 bits per heavy atom. The molecule has 0 bridgehead atoms. The SMILES string of the molecule is CN(C)c1ccc(NC(=O)NCC2CCN(c3ccc(F)c(F)c3)C2)cc1. The fourth-order valence-electron chi connectivity index (χ4n) is 3.17. The van der Waals surface area contributed by atoms with Crippen LogP contribution in [0.15, 0.2) is 42.5 Å². The summed E-state index contributed by atoms with van der Waals surface area (Å²) in [6, 6.07) is 11.3. The van der Waals surface area contributed by atoms with Crippen molar-refractivity contribution >= 4 is 23.1 Å². The number of urea groups is 1. The van der Waals surface area contributed by atoms with Crippen LogP contribution in [0.3, 0.4) is 0 Å². The van der Waals surface area contributed by atoms with Crippen molar-refractivity contribution in [3.05, 3.63) is 54.1 Å². The van der Waals surface area contributed by atoms with Gasteiger partial charge in [0.25, 0.3) is 0 Å². The van der Waals surface area contributed by atoms with Gasteiger partial charge in [-0.05, 0) is 48.7 Å². The predicted octanol–water partition coefficient (Wildman–Crippen LogP) is 3.68. The molecular weight excluding hydrogens is 350 g/mol. The molecule has 1 aliphatic rings. The minimum atomic E-state index is -0.841. The first-order chi connectivity index (χ1) is 12.9. The molecule has 2 aromatic carbocycles. The minimum Gasteiger partial charge on any atom is -0.378 e. The monoisotopic (exact) mass is 374 g/mol. The van der Waals surface area contributed by atoms with Crippen LogP contribution >= 0.6 is 0 Å². The minimum absolute atomic E-state index is 0.251. The number of hydrogen-bond donors (Lipinski definition) is 2. The molecule has 1 heterocycles. The number of benzene rings is 2. The first-order valence-corrected chi connectivity index (χ1v) is 8.94. The molecule has 2 amide bonds. The lowest BCUT2D eigenvalue weighted by molar-refractivity contribution is 0.250. The highest BCUT2D eigenvalue weighted by molar-refractivity contribution is 5.89. The van der Waals surface area contributed by atoms with Gasteiger partial charge in [-0.1, -0.05) is 0 Å². The number of carbonyl (C=O) groups is 1. The third-order valence-electron chi connectivity index (χ3n) is 4.75. The summed E-state index contributed by atoms with van der Waals surface area (Å²) >= 11 is 0. The third kappa shape index (κ3) is 4.87. The van der Waals surface area contributed by atoms with E-state index in [4.69, 9.17) is 0 Å². The van der Waals surface area contributed by atoms with Gasteiger partial charge in [0.15, 0.2) is 11.6 Å². The molecule has 5 nitrogen and oxygen atoms in total. The molecule has 1 aliphatic heterocycles.